The van der Waals surface area contributed by atoms with Gasteiger partial charge in [0.1, 0.15) is 5.75 Å². The summed E-state index contributed by atoms with van der Waals surface area (Å²) in [6, 6.07) is 15.0. The Bertz CT molecular complexity index is 1060. The molecule has 0 aliphatic rings. The average Bonchev–Trinajstić information content (AvgIpc) is 3.20. The number of carbonyl (C=O) groups excluding carboxylic acids is 1. The number of amides is 1. The van der Waals surface area contributed by atoms with Crippen molar-refractivity contribution in [2.75, 3.05) is 11.8 Å². The fourth-order valence-electron chi connectivity index (χ4n) is 2.58. The molecular formula is C20H20N2O4S2. The van der Waals surface area contributed by atoms with Gasteiger partial charge in [0, 0.05) is 16.1 Å². The van der Waals surface area contributed by atoms with Gasteiger partial charge in [-0.3, -0.25) is 9.52 Å². The van der Waals surface area contributed by atoms with Crippen molar-refractivity contribution in [2.24, 2.45) is 0 Å². The molecule has 0 unspecified atom stereocenters. The molecule has 1 aromatic heterocycles. The number of hydrogen-bond acceptors (Lipinski definition) is 5. The van der Waals surface area contributed by atoms with Crippen LogP contribution in [-0.4, -0.2) is 21.4 Å². The summed E-state index contributed by atoms with van der Waals surface area (Å²) in [5, 5.41) is 4.74. The fourth-order valence-corrected chi connectivity index (χ4v) is 4.56. The topological polar surface area (TPSA) is 84.5 Å². The van der Waals surface area contributed by atoms with E-state index in [0.29, 0.717) is 23.5 Å². The molecular weight excluding hydrogens is 396 g/mol. The molecule has 0 saturated heterocycles. The predicted octanol–water partition coefficient (Wildman–Crippen LogP) is 3.80. The standard InChI is InChI=1S/C20H20N2O4S2/c1-14-5-6-15(20(23)21-13-18-4-3-11-27-18)12-19(14)28(24,25)22-16-7-9-17(26-2)10-8-16/h3-12,22H,13H2,1-2H3,(H,21,23). The van der Waals surface area contributed by atoms with Gasteiger partial charge in [0.15, 0.2) is 0 Å². The van der Waals surface area contributed by atoms with E-state index in [0.717, 1.165) is 4.88 Å². The number of anilines is 1. The Morgan fingerprint density at radius 1 is 1.11 bits per heavy atom. The first-order chi connectivity index (χ1) is 13.4. The zero-order valence-corrected chi connectivity index (χ0v) is 17.1. The Balaban J connectivity index is 1.79. The SMILES string of the molecule is COc1ccc(NS(=O)(=O)c2cc(C(=O)NCc3cccs3)ccc2C)cc1. The van der Waals surface area contributed by atoms with Crippen LogP contribution in [0, 0.1) is 6.92 Å². The molecule has 2 aromatic carbocycles. The van der Waals surface area contributed by atoms with E-state index in [9.17, 15) is 13.2 Å². The van der Waals surface area contributed by atoms with Gasteiger partial charge in [-0.05, 0) is 60.3 Å². The molecule has 6 nitrogen and oxygen atoms in total. The van der Waals surface area contributed by atoms with Crippen LogP contribution in [-0.2, 0) is 16.6 Å². The second-order valence-corrected chi connectivity index (χ2v) is 8.76. The molecule has 0 aliphatic heterocycles. The number of sulfonamides is 1. The van der Waals surface area contributed by atoms with Crippen LogP contribution in [0.25, 0.3) is 0 Å². The Labute approximate surface area is 168 Å². The van der Waals surface area contributed by atoms with Gasteiger partial charge >= 0.3 is 0 Å². The van der Waals surface area contributed by atoms with Crippen molar-refractivity contribution in [1.29, 1.82) is 0 Å². The summed E-state index contributed by atoms with van der Waals surface area (Å²) < 4.78 is 33.3. The first-order valence-electron chi connectivity index (χ1n) is 8.47. The minimum Gasteiger partial charge on any atom is -0.497 e. The zero-order valence-electron chi connectivity index (χ0n) is 15.4. The van der Waals surface area contributed by atoms with E-state index < -0.39 is 10.0 Å². The van der Waals surface area contributed by atoms with E-state index in [1.807, 2.05) is 17.5 Å². The highest BCUT2D eigenvalue weighted by Crippen LogP contribution is 2.22. The Morgan fingerprint density at radius 2 is 1.86 bits per heavy atom. The number of ether oxygens (including phenoxy) is 1. The molecule has 8 heteroatoms. The minimum absolute atomic E-state index is 0.0621. The van der Waals surface area contributed by atoms with E-state index in [-0.39, 0.29) is 16.4 Å². The quantitative estimate of drug-likeness (QED) is 0.614. The second-order valence-electron chi connectivity index (χ2n) is 6.08. The summed E-state index contributed by atoms with van der Waals surface area (Å²) in [6.07, 6.45) is 0. The van der Waals surface area contributed by atoms with Crippen LogP contribution in [0.1, 0.15) is 20.8 Å². The van der Waals surface area contributed by atoms with Crippen molar-refractivity contribution >= 4 is 33.0 Å². The van der Waals surface area contributed by atoms with E-state index in [2.05, 4.69) is 10.0 Å². The van der Waals surface area contributed by atoms with Gasteiger partial charge in [-0.2, -0.15) is 0 Å². The van der Waals surface area contributed by atoms with Gasteiger partial charge < -0.3 is 10.1 Å². The van der Waals surface area contributed by atoms with Crippen LogP contribution >= 0.6 is 11.3 Å². The largest absolute Gasteiger partial charge is 0.497 e. The van der Waals surface area contributed by atoms with Crippen molar-refractivity contribution in [2.45, 2.75) is 18.4 Å². The first-order valence-corrected chi connectivity index (χ1v) is 10.8. The molecule has 0 fully saturated rings. The molecule has 28 heavy (non-hydrogen) atoms. The molecule has 0 saturated carbocycles. The number of rotatable bonds is 7. The van der Waals surface area contributed by atoms with Gasteiger partial charge in [-0.1, -0.05) is 12.1 Å². The Morgan fingerprint density at radius 3 is 2.50 bits per heavy atom. The number of methoxy groups -OCH3 is 1. The third-order valence-corrected chi connectivity index (χ3v) is 6.49. The number of carbonyl (C=O) groups is 1. The van der Waals surface area contributed by atoms with Crippen LogP contribution in [0.4, 0.5) is 5.69 Å². The molecule has 1 heterocycles. The summed E-state index contributed by atoms with van der Waals surface area (Å²) in [6.45, 7) is 2.09. The number of nitrogens with one attached hydrogen (secondary N) is 2. The number of hydrogen-bond donors (Lipinski definition) is 2. The molecule has 3 aromatic rings. The zero-order chi connectivity index (χ0) is 20.1. The summed E-state index contributed by atoms with van der Waals surface area (Å²) in [4.78, 5) is 13.5. The Hall–Kier alpha value is -2.84. The lowest BCUT2D eigenvalue weighted by Gasteiger charge is -2.12. The van der Waals surface area contributed by atoms with Crippen LogP contribution in [0.3, 0.4) is 0 Å². The lowest BCUT2D eigenvalue weighted by Crippen LogP contribution is -2.23. The number of thiophene rings is 1. The maximum Gasteiger partial charge on any atom is 0.262 e. The highest BCUT2D eigenvalue weighted by atomic mass is 32.2. The van der Waals surface area contributed by atoms with E-state index in [4.69, 9.17) is 4.74 Å². The van der Waals surface area contributed by atoms with E-state index in [1.165, 1.54) is 13.2 Å². The smallest absolute Gasteiger partial charge is 0.262 e. The normalized spacial score (nSPS) is 11.1. The molecule has 146 valence electrons. The van der Waals surface area contributed by atoms with Crippen LogP contribution in [0.2, 0.25) is 0 Å². The third kappa shape index (κ3) is 4.71. The summed E-state index contributed by atoms with van der Waals surface area (Å²) in [7, 11) is -2.31. The highest BCUT2D eigenvalue weighted by Gasteiger charge is 2.19. The van der Waals surface area contributed by atoms with Crippen LogP contribution in [0.15, 0.2) is 64.9 Å². The van der Waals surface area contributed by atoms with Crippen LogP contribution < -0.4 is 14.8 Å². The van der Waals surface area contributed by atoms with E-state index in [1.54, 1.807) is 54.7 Å². The highest BCUT2D eigenvalue weighted by molar-refractivity contribution is 7.92. The molecule has 0 spiro atoms. The maximum absolute atomic E-state index is 12.8. The maximum atomic E-state index is 12.8. The third-order valence-electron chi connectivity index (χ3n) is 4.09. The lowest BCUT2D eigenvalue weighted by molar-refractivity contribution is 0.0951. The molecule has 0 bridgehead atoms. The Kier molecular flexibility index (Phi) is 6.01. The van der Waals surface area contributed by atoms with Crippen molar-refractivity contribution < 1.29 is 17.9 Å². The molecule has 2 N–H and O–H groups in total. The van der Waals surface area contributed by atoms with Gasteiger partial charge in [-0.15, -0.1) is 11.3 Å². The fraction of sp³-hybridized carbons (Fsp3) is 0.150. The van der Waals surface area contributed by atoms with Crippen molar-refractivity contribution in [3.05, 3.63) is 76.0 Å². The lowest BCUT2D eigenvalue weighted by atomic mass is 10.1. The molecule has 3 rings (SSSR count). The molecule has 0 aliphatic carbocycles. The van der Waals surface area contributed by atoms with Gasteiger partial charge in [-0.25, -0.2) is 8.42 Å². The summed E-state index contributed by atoms with van der Waals surface area (Å²) >= 11 is 1.54. The van der Waals surface area contributed by atoms with Crippen LogP contribution in [0.5, 0.6) is 5.75 Å². The number of benzene rings is 2. The van der Waals surface area contributed by atoms with Gasteiger partial charge in [0.05, 0.1) is 18.6 Å². The molecule has 0 radical (unpaired) electrons. The predicted molar refractivity (Wildman–Crippen MR) is 110 cm³/mol. The monoisotopic (exact) mass is 416 g/mol. The van der Waals surface area contributed by atoms with Crippen molar-refractivity contribution in [3.8, 4) is 5.75 Å². The van der Waals surface area contributed by atoms with Crippen molar-refractivity contribution in [1.82, 2.24) is 5.32 Å². The second kappa shape index (κ2) is 8.45. The summed E-state index contributed by atoms with van der Waals surface area (Å²) in [5.74, 6) is 0.304. The summed E-state index contributed by atoms with van der Waals surface area (Å²) in [5.41, 5.74) is 1.25. The first kappa shape index (κ1) is 19.9. The average molecular weight is 417 g/mol. The molecule has 0 atom stereocenters. The molecule has 1 amide bonds. The number of aryl methyl sites for hydroxylation is 1. The van der Waals surface area contributed by atoms with E-state index >= 15 is 0 Å². The minimum atomic E-state index is -3.85. The van der Waals surface area contributed by atoms with Crippen molar-refractivity contribution in [3.63, 3.8) is 0 Å². The van der Waals surface area contributed by atoms with Gasteiger partial charge in [0.2, 0.25) is 0 Å². The van der Waals surface area contributed by atoms with Gasteiger partial charge in [0.25, 0.3) is 15.9 Å².